The van der Waals surface area contributed by atoms with Crippen LogP contribution in [0, 0.1) is 0 Å². The van der Waals surface area contributed by atoms with Crippen molar-refractivity contribution in [3.05, 3.63) is 52.5 Å². The molecule has 0 fully saturated rings. The fourth-order valence-corrected chi connectivity index (χ4v) is 2.61. The summed E-state index contributed by atoms with van der Waals surface area (Å²) in [6.45, 7) is -0.0344. The Bertz CT molecular complexity index is 766. The van der Waals surface area contributed by atoms with Gasteiger partial charge in [-0.3, -0.25) is 4.79 Å². The van der Waals surface area contributed by atoms with Crippen LogP contribution >= 0.6 is 11.3 Å². The van der Waals surface area contributed by atoms with Gasteiger partial charge in [-0.15, -0.1) is 11.3 Å². The number of benzene rings is 1. The molecule has 0 aliphatic carbocycles. The van der Waals surface area contributed by atoms with Gasteiger partial charge in [-0.05, 0) is 35.7 Å². The fraction of sp³-hybridized carbons (Fsp3) is 0.188. The molecular formula is C16H14N2O4S. The average molecular weight is 330 g/mol. The molecule has 0 bridgehead atoms. The summed E-state index contributed by atoms with van der Waals surface area (Å²) in [4.78, 5) is 16.9. The molecule has 2 heterocycles. The lowest BCUT2D eigenvalue weighted by molar-refractivity contribution is -0.144. The molecule has 0 spiro atoms. The van der Waals surface area contributed by atoms with Crippen molar-refractivity contribution in [2.45, 2.75) is 13.0 Å². The monoisotopic (exact) mass is 330 g/mol. The van der Waals surface area contributed by atoms with E-state index in [1.54, 1.807) is 7.11 Å². The zero-order valence-corrected chi connectivity index (χ0v) is 13.2. The number of rotatable bonds is 6. The quantitative estimate of drug-likeness (QED) is 0.647. The van der Waals surface area contributed by atoms with E-state index in [0.29, 0.717) is 5.82 Å². The molecule has 0 radical (unpaired) electrons. The summed E-state index contributed by atoms with van der Waals surface area (Å²) in [5.41, 5.74) is 0.797. The van der Waals surface area contributed by atoms with Crippen molar-refractivity contribution in [2.75, 3.05) is 7.11 Å². The van der Waals surface area contributed by atoms with Crippen molar-refractivity contribution >= 4 is 17.3 Å². The first-order chi connectivity index (χ1) is 11.2. The van der Waals surface area contributed by atoms with Crippen molar-refractivity contribution in [1.29, 1.82) is 0 Å². The minimum atomic E-state index is -0.323. The van der Waals surface area contributed by atoms with Gasteiger partial charge in [0.05, 0.1) is 13.5 Å². The average Bonchev–Trinajstić information content (AvgIpc) is 3.25. The molecule has 23 heavy (non-hydrogen) atoms. The first-order valence-corrected chi connectivity index (χ1v) is 7.77. The summed E-state index contributed by atoms with van der Waals surface area (Å²) in [6, 6.07) is 11.1. The van der Waals surface area contributed by atoms with Gasteiger partial charge in [-0.2, -0.15) is 4.98 Å². The molecule has 0 amide bonds. The Balaban J connectivity index is 1.57. The molecule has 0 N–H and O–H groups in total. The maximum atomic E-state index is 11.7. The van der Waals surface area contributed by atoms with E-state index in [4.69, 9.17) is 14.0 Å². The number of carbonyl (C=O) groups is 1. The topological polar surface area (TPSA) is 74.5 Å². The van der Waals surface area contributed by atoms with Crippen LogP contribution in [0.3, 0.4) is 0 Å². The van der Waals surface area contributed by atoms with Crippen LogP contribution in [0.2, 0.25) is 0 Å². The number of thiophene rings is 1. The Labute approximate surface area is 136 Å². The summed E-state index contributed by atoms with van der Waals surface area (Å²) in [6.07, 6.45) is 0.247. The number of carbonyl (C=O) groups excluding carboxylic acids is 1. The van der Waals surface area contributed by atoms with Gasteiger partial charge in [-0.25, -0.2) is 0 Å². The predicted molar refractivity (Wildman–Crippen MR) is 84.1 cm³/mol. The SMILES string of the molecule is COc1ccc(-c2noc(COC(=O)Cc3cccs3)n2)cc1. The van der Waals surface area contributed by atoms with E-state index < -0.39 is 0 Å². The van der Waals surface area contributed by atoms with Gasteiger partial charge in [0.25, 0.3) is 5.89 Å². The van der Waals surface area contributed by atoms with Crippen molar-refractivity contribution in [3.8, 4) is 17.1 Å². The van der Waals surface area contributed by atoms with E-state index in [9.17, 15) is 4.79 Å². The lowest BCUT2D eigenvalue weighted by Gasteiger charge is -2.00. The van der Waals surface area contributed by atoms with Crippen molar-refractivity contribution in [1.82, 2.24) is 10.1 Å². The third-order valence-electron chi connectivity index (χ3n) is 3.07. The highest BCUT2D eigenvalue weighted by atomic mass is 32.1. The third kappa shape index (κ3) is 3.95. The van der Waals surface area contributed by atoms with Gasteiger partial charge < -0.3 is 14.0 Å². The van der Waals surface area contributed by atoms with Crippen LogP contribution in [-0.4, -0.2) is 23.2 Å². The molecule has 0 unspecified atom stereocenters. The Morgan fingerprint density at radius 1 is 1.26 bits per heavy atom. The molecule has 2 aromatic heterocycles. The lowest BCUT2D eigenvalue weighted by Crippen LogP contribution is -2.07. The Morgan fingerprint density at radius 2 is 2.09 bits per heavy atom. The number of ether oxygens (including phenoxy) is 2. The van der Waals surface area contributed by atoms with E-state index in [2.05, 4.69) is 10.1 Å². The second-order valence-electron chi connectivity index (χ2n) is 4.66. The normalized spacial score (nSPS) is 10.5. The second-order valence-corrected chi connectivity index (χ2v) is 5.69. The first kappa shape index (κ1) is 15.2. The number of hydrogen-bond acceptors (Lipinski definition) is 7. The van der Waals surface area contributed by atoms with Crippen molar-refractivity contribution in [2.24, 2.45) is 0 Å². The predicted octanol–water partition coefficient (Wildman–Crippen LogP) is 3.09. The highest BCUT2D eigenvalue weighted by molar-refractivity contribution is 7.10. The van der Waals surface area contributed by atoms with Crippen LogP contribution < -0.4 is 4.74 Å². The first-order valence-electron chi connectivity index (χ1n) is 6.89. The van der Waals surface area contributed by atoms with Gasteiger partial charge in [-0.1, -0.05) is 11.2 Å². The van der Waals surface area contributed by atoms with Gasteiger partial charge in [0.1, 0.15) is 5.75 Å². The maximum Gasteiger partial charge on any atom is 0.311 e. The summed E-state index contributed by atoms with van der Waals surface area (Å²) in [5, 5.41) is 5.80. The molecule has 0 aliphatic rings. The van der Waals surface area contributed by atoms with E-state index in [1.807, 2.05) is 41.8 Å². The van der Waals surface area contributed by atoms with Crippen LogP contribution in [0.4, 0.5) is 0 Å². The van der Waals surface area contributed by atoms with Gasteiger partial charge in [0.2, 0.25) is 5.82 Å². The summed E-state index contributed by atoms with van der Waals surface area (Å²) >= 11 is 1.51. The highest BCUT2D eigenvalue weighted by Gasteiger charge is 2.12. The highest BCUT2D eigenvalue weighted by Crippen LogP contribution is 2.20. The zero-order valence-electron chi connectivity index (χ0n) is 12.4. The molecule has 0 saturated heterocycles. The summed E-state index contributed by atoms with van der Waals surface area (Å²) < 4.78 is 15.3. The van der Waals surface area contributed by atoms with E-state index in [0.717, 1.165) is 16.2 Å². The maximum absolute atomic E-state index is 11.7. The van der Waals surface area contributed by atoms with Crippen LogP contribution in [0.25, 0.3) is 11.4 Å². The third-order valence-corrected chi connectivity index (χ3v) is 3.95. The molecule has 3 aromatic rings. The van der Waals surface area contributed by atoms with Crippen LogP contribution in [0.15, 0.2) is 46.3 Å². The number of hydrogen-bond donors (Lipinski definition) is 0. The summed E-state index contributed by atoms with van der Waals surface area (Å²) in [5.74, 6) is 1.13. The van der Waals surface area contributed by atoms with Crippen LogP contribution in [0.5, 0.6) is 5.75 Å². The zero-order chi connectivity index (χ0) is 16.1. The molecular weight excluding hydrogens is 316 g/mol. The number of esters is 1. The molecule has 0 atom stereocenters. The van der Waals surface area contributed by atoms with Gasteiger partial charge >= 0.3 is 5.97 Å². The van der Waals surface area contributed by atoms with Gasteiger partial charge in [0, 0.05) is 10.4 Å². The molecule has 7 heteroatoms. The Hall–Kier alpha value is -2.67. The molecule has 1 aromatic carbocycles. The van der Waals surface area contributed by atoms with Crippen LogP contribution in [0.1, 0.15) is 10.8 Å². The smallest absolute Gasteiger partial charge is 0.311 e. The Kier molecular flexibility index (Phi) is 4.68. The largest absolute Gasteiger partial charge is 0.497 e. The summed E-state index contributed by atoms with van der Waals surface area (Å²) in [7, 11) is 1.60. The van der Waals surface area contributed by atoms with E-state index >= 15 is 0 Å². The van der Waals surface area contributed by atoms with Gasteiger partial charge in [0.15, 0.2) is 6.61 Å². The van der Waals surface area contributed by atoms with E-state index in [-0.39, 0.29) is 24.9 Å². The molecule has 118 valence electrons. The number of aromatic nitrogens is 2. The van der Waals surface area contributed by atoms with Crippen LogP contribution in [-0.2, 0) is 22.6 Å². The lowest BCUT2D eigenvalue weighted by atomic mass is 10.2. The standard InChI is InChI=1S/C16H14N2O4S/c1-20-12-6-4-11(5-7-12)16-17-14(22-18-16)10-21-15(19)9-13-3-2-8-23-13/h2-8H,9-10H2,1H3. The molecule has 0 aliphatic heterocycles. The van der Waals surface area contributed by atoms with Crippen molar-refractivity contribution < 1.29 is 18.8 Å². The minimum absolute atomic E-state index is 0.0344. The Morgan fingerprint density at radius 3 is 2.78 bits per heavy atom. The molecule has 6 nitrogen and oxygen atoms in total. The molecule has 0 saturated carbocycles. The fourth-order valence-electron chi connectivity index (χ4n) is 1.92. The van der Waals surface area contributed by atoms with E-state index in [1.165, 1.54) is 11.3 Å². The second kappa shape index (κ2) is 7.06. The number of methoxy groups -OCH3 is 1. The van der Waals surface area contributed by atoms with Crippen molar-refractivity contribution in [3.63, 3.8) is 0 Å². The number of nitrogens with zero attached hydrogens (tertiary/aromatic N) is 2. The minimum Gasteiger partial charge on any atom is -0.497 e. The molecule has 3 rings (SSSR count).